The molecular weight excluding hydrogens is 258 g/mol. The third-order valence-electron chi connectivity index (χ3n) is 2.58. The molecule has 5 heteroatoms. The van der Waals surface area contributed by atoms with E-state index in [2.05, 4.69) is 11.9 Å². The van der Waals surface area contributed by atoms with Crippen LogP contribution in [0.25, 0.3) is 6.08 Å². The smallest absolute Gasteiger partial charge is 0.412 e. The van der Waals surface area contributed by atoms with Gasteiger partial charge in [0, 0.05) is 0 Å². The number of carbonyl (C=O) groups is 2. The third kappa shape index (κ3) is 3.85. The fourth-order valence-corrected chi connectivity index (χ4v) is 1.74. The number of carboxylic acids is 1. The number of hydrogen-bond donors (Lipinski definition) is 2. The lowest BCUT2D eigenvalue weighted by atomic mass is 10.0. The van der Waals surface area contributed by atoms with Gasteiger partial charge >= 0.3 is 12.1 Å². The number of ether oxygens (including phenoxy) is 1. The predicted molar refractivity (Wildman–Crippen MR) is 78.1 cm³/mol. The van der Waals surface area contributed by atoms with Crippen molar-refractivity contribution in [3.05, 3.63) is 35.4 Å². The number of carboxylic acid groups (broad SMARTS) is 1. The maximum absolute atomic E-state index is 11.7. The number of rotatable bonds is 3. The van der Waals surface area contributed by atoms with E-state index in [1.165, 1.54) is 6.07 Å². The van der Waals surface area contributed by atoms with Crippen LogP contribution in [0.5, 0.6) is 0 Å². The van der Waals surface area contributed by atoms with Gasteiger partial charge in [0.2, 0.25) is 0 Å². The molecule has 0 atom stereocenters. The molecule has 1 aromatic carbocycles. The number of benzene rings is 1. The SMILES string of the molecule is C=Cc1ccc(NC(=O)OC(C)(C)C)c(C(=O)O)c1C. The van der Waals surface area contributed by atoms with Crippen molar-refractivity contribution in [1.29, 1.82) is 0 Å². The van der Waals surface area contributed by atoms with E-state index in [-0.39, 0.29) is 11.3 Å². The van der Waals surface area contributed by atoms with Gasteiger partial charge in [0.1, 0.15) is 5.60 Å². The van der Waals surface area contributed by atoms with Crippen molar-refractivity contribution in [3.8, 4) is 0 Å². The van der Waals surface area contributed by atoms with Crippen LogP contribution in [0.4, 0.5) is 10.5 Å². The summed E-state index contributed by atoms with van der Waals surface area (Å²) < 4.78 is 5.11. The Morgan fingerprint density at radius 3 is 2.40 bits per heavy atom. The molecule has 0 aliphatic heterocycles. The molecule has 0 fully saturated rings. The summed E-state index contributed by atoms with van der Waals surface area (Å²) in [6.45, 7) is 10.5. The van der Waals surface area contributed by atoms with E-state index in [0.717, 1.165) is 0 Å². The molecule has 0 heterocycles. The van der Waals surface area contributed by atoms with Crippen molar-refractivity contribution in [2.24, 2.45) is 0 Å². The predicted octanol–water partition coefficient (Wildman–Crippen LogP) is 3.68. The van der Waals surface area contributed by atoms with E-state index in [1.807, 2.05) is 0 Å². The van der Waals surface area contributed by atoms with Crippen LogP contribution in [0.1, 0.15) is 42.3 Å². The molecule has 1 aromatic rings. The fourth-order valence-electron chi connectivity index (χ4n) is 1.74. The van der Waals surface area contributed by atoms with Crippen molar-refractivity contribution < 1.29 is 19.4 Å². The highest BCUT2D eigenvalue weighted by Gasteiger charge is 2.20. The number of carbonyl (C=O) groups excluding carboxylic acids is 1. The Bertz CT molecular complexity index is 556. The lowest BCUT2D eigenvalue weighted by Crippen LogP contribution is -2.28. The highest BCUT2D eigenvalue weighted by Crippen LogP contribution is 2.24. The van der Waals surface area contributed by atoms with Crippen LogP contribution in [0.2, 0.25) is 0 Å². The standard InChI is InChI=1S/C15H19NO4/c1-6-10-7-8-11(12(9(10)2)13(17)18)16-14(19)20-15(3,4)5/h6-8H,1H2,2-5H3,(H,16,19)(H,17,18). The summed E-state index contributed by atoms with van der Waals surface area (Å²) in [4.78, 5) is 23.1. The lowest BCUT2D eigenvalue weighted by Gasteiger charge is -2.20. The molecule has 0 aliphatic carbocycles. The van der Waals surface area contributed by atoms with Gasteiger partial charge in [0.15, 0.2) is 0 Å². The van der Waals surface area contributed by atoms with Crippen molar-refractivity contribution >= 4 is 23.8 Å². The topological polar surface area (TPSA) is 75.6 Å². The Balaban J connectivity index is 3.13. The average Bonchev–Trinajstić information content (AvgIpc) is 2.25. The van der Waals surface area contributed by atoms with E-state index in [0.29, 0.717) is 11.1 Å². The molecule has 0 bridgehead atoms. The second kappa shape index (κ2) is 5.77. The van der Waals surface area contributed by atoms with E-state index in [4.69, 9.17) is 4.74 Å². The van der Waals surface area contributed by atoms with Crippen LogP contribution in [0.3, 0.4) is 0 Å². The van der Waals surface area contributed by atoms with E-state index in [1.54, 1.807) is 39.8 Å². The first kappa shape index (κ1) is 15.8. The van der Waals surface area contributed by atoms with Crippen molar-refractivity contribution in [3.63, 3.8) is 0 Å². The zero-order chi connectivity index (χ0) is 15.5. The van der Waals surface area contributed by atoms with E-state index in [9.17, 15) is 14.7 Å². The summed E-state index contributed by atoms with van der Waals surface area (Å²) in [5.74, 6) is -1.11. The summed E-state index contributed by atoms with van der Waals surface area (Å²) in [6, 6.07) is 3.22. The summed E-state index contributed by atoms with van der Waals surface area (Å²) >= 11 is 0. The molecule has 5 nitrogen and oxygen atoms in total. The van der Waals surface area contributed by atoms with Gasteiger partial charge in [0.05, 0.1) is 11.3 Å². The monoisotopic (exact) mass is 277 g/mol. The molecule has 0 saturated carbocycles. The molecule has 0 unspecified atom stereocenters. The first-order chi connectivity index (χ1) is 9.15. The van der Waals surface area contributed by atoms with Gasteiger partial charge in [-0.15, -0.1) is 0 Å². The number of aromatic carboxylic acids is 1. The van der Waals surface area contributed by atoms with Gasteiger partial charge in [-0.05, 0) is 44.9 Å². The van der Waals surface area contributed by atoms with Crippen LogP contribution < -0.4 is 5.32 Å². The normalized spacial score (nSPS) is 10.8. The summed E-state index contributed by atoms with van der Waals surface area (Å²) in [5, 5.41) is 11.7. The quantitative estimate of drug-likeness (QED) is 0.883. The maximum atomic E-state index is 11.7. The Kier molecular flexibility index (Phi) is 4.55. The number of anilines is 1. The highest BCUT2D eigenvalue weighted by atomic mass is 16.6. The Hall–Kier alpha value is -2.30. The second-order valence-corrected chi connectivity index (χ2v) is 5.34. The minimum atomic E-state index is -1.11. The van der Waals surface area contributed by atoms with Crippen LogP contribution >= 0.6 is 0 Å². The summed E-state index contributed by atoms with van der Waals surface area (Å²) in [6.07, 6.45) is 0.879. The fraction of sp³-hybridized carbons (Fsp3) is 0.333. The van der Waals surface area contributed by atoms with Gasteiger partial charge in [0.25, 0.3) is 0 Å². The first-order valence-corrected chi connectivity index (χ1v) is 6.15. The first-order valence-electron chi connectivity index (χ1n) is 6.15. The van der Waals surface area contributed by atoms with Gasteiger partial charge in [-0.2, -0.15) is 0 Å². The second-order valence-electron chi connectivity index (χ2n) is 5.34. The molecule has 1 amide bonds. The maximum Gasteiger partial charge on any atom is 0.412 e. The van der Waals surface area contributed by atoms with Gasteiger partial charge in [-0.3, -0.25) is 5.32 Å². The van der Waals surface area contributed by atoms with Crippen molar-refractivity contribution in [2.45, 2.75) is 33.3 Å². The average molecular weight is 277 g/mol. The Morgan fingerprint density at radius 2 is 1.95 bits per heavy atom. The Labute approximate surface area is 118 Å². The largest absolute Gasteiger partial charge is 0.478 e. The molecule has 0 radical (unpaired) electrons. The van der Waals surface area contributed by atoms with Gasteiger partial charge in [-0.25, -0.2) is 9.59 Å². The molecular formula is C15H19NO4. The minimum Gasteiger partial charge on any atom is -0.478 e. The Morgan fingerprint density at radius 1 is 1.35 bits per heavy atom. The minimum absolute atomic E-state index is 0.0354. The summed E-state index contributed by atoms with van der Waals surface area (Å²) in [7, 11) is 0. The lowest BCUT2D eigenvalue weighted by molar-refractivity contribution is 0.0636. The number of hydrogen-bond acceptors (Lipinski definition) is 3. The number of amides is 1. The molecule has 1 rings (SSSR count). The van der Waals surface area contributed by atoms with Crippen LogP contribution in [0, 0.1) is 6.92 Å². The summed E-state index contributed by atoms with van der Waals surface area (Å²) in [5.41, 5.74) is 0.838. The molecule has 20 heavy (non-hydrogen) atoms. The molecule has 2 N–H and O–H groups in total. The van der Waals surface area contributed by atoms with Crippen LogP contribution in [0.15, 0.2) is 18.7 Å². The van der Waals surface area contributed by atoms with E-state index < -0.39 is 17.7 Å². The molecule has 0 aliphatic rings. The highest BCUT2D eigenvalue weighted by molar-refractivity contribution is 6.00. The zero-order valence-corrected chi connectivity index (χ0v) is 12.1. The third-order valence-corrected chi connectivity index (χ3v) is 2.58. The molecule has 108 valence electrons. The molecule has 0 spiro atoms. The van der Waals surface area contributed by atoms with Gasteiger partial charge in [-0.1, -0.05) is 18.7 Å². The zero-order valence-electron chi connectivity index (χ0n) is 12.1. The van der Waals surface area contributed by atoms with Crippen LogP contribution in [-0.4, -0.2) is 22.8 Å². The molecule has 0 aromatic heterocycles. The van der Waals surface area contributed by atoms with Gasteiger partial charge < -0.3 is 9.84 Å². The van der Waals surface area contributed by atoms with Crippen molar-refractivity contribution in [1.82, 2.24) is 0 Å². The molecule has 0 saturated heterocycles. The van der Waals surface area contributed by atoms with E-state index >= 15 is 0 Å². The van der Waals surface area contributed by atoms with Crippen LogP contribution in [-0.2, 0) is 4.74 Å². The number of nitrogens with one attached hydrogen (secondary N) is 1. The van der Waals surface area contributed by atoms with Crippen molar-refractivity contribution in [2.75, 3.05) is 5.32 Å².